The Bertz CT molecular complexity index is 770. The number of rotatable bonds is 4. The third-order valence-corrected chi connectivity index (χ3v) is 4.81. The second-order valence-corrected chi connectivity index (χ2v) is 7.36. The second-order valence-electron chi connectivity index (χ2n) is 5.03. The Labute approximate surface area is 142 Å². The molecule has 0 aliphatic heterocycles. The normalized spacial score (nSPS) is 12.3. The number of hydrogen-bond donors (Lipinski definition) is 0. The topological polar surface area (TPSA) is 38.9 Å². The van der Waals surface area contributed by atoms with Crippen LogP contribution in [0, 0.1) is 6.92 Å². The molecule has 1 atom stereocenters. The maximum Gasteiger partial charge on any atom is 0.247 e. The fourth-order valence-electron chi connectivity index (χ4n) is 2.06. The molecule has 2 aromatic carbocycles. The van der Waals surface area contributed by atoms with Crippen LogP contribution < -0.4 is 0 Å². The lowest BCUT2D eigenvalue weighted by Crippen LogP contribution is -1.88. The van der Waals surface area contributed by atoms with Gasteiger partial charge in [0.1, 0.15) is 0 Å². The molecule has 3 nitrogen and oxygen atoms in total. The van der Waals surface area contributed by atoms with E-state index in [2.05, 4.69) is 45.2 Å². The van der Waals surface area contributed by atoms with E-state index in [0.717, 1.165) is 10.0 Å². The molecule has 1 aromatic heterocycles. The SMILES string of the molecule is Cc1cccc(-c2nnc([C@@H](C)Sc3ccc(Br)cc3)o2)c1. The van der Waals surface area contributed by atoms with Gasteiger partial charge in [-0.05, 0) is 50.2 Å². The van der Waals surface area contributed by atoms with Gasteiger partial charge in [0.25, 0.3) is 0 Å². The molecule has 0 radical (unpaired) electrons. The van der Waals surface area contributed by atoms with E-state index in [4.69, 9.17) is 4.42 Å². The molecule has 22 heavy (non-hydrogen) atoms. The maximum absolute atomic E-state index is 5.83. The number of nitrogens with zero attached hydrogens (tertiary/aromatic N) is 2. The third-order valence-electron chi connectivity index (χ3n) is 3.18. The quantitative estimate of drug-likeness (QED) is 0.552. The number of aromatic nitrogens is 2. The standard InChI is InChI=1S/C17H15BrN2OS/c1-11-4-3-5-13(10-11)17-20-19-16(21-17)12(2)22-15-8-6-14(18)7-9-15/h3-10,12H,1-2H3/t12-/m1/s1. The molecule has 0 aliphatic rings. The Balaban J connectivity index is 1.76. The summed E-state index contributed by atoms with van der Waals surface area (Å²) in [6.07, 6.45) is 0. The lowest BCUT2D eigenvalue weighted by Gasteiger charge is -2.06. The zero-order valence-electron chi connectivity index (χ0n) is 12.3. The van der Waals surface area contributed by atoms with Crippen LogP contribution in [0.25, 0.3) is 11.5 Å². The van der Waals surface area contributed by atoms with Crippen molar-refractivity contribution in [3.05, 3.63) is 64.5 Å². The van der Waals surface area contributed by atoms with E-state index in [9.17, 15) is 0 Å². The van der Waals surface area contributed by atoms with Crippen LogP contribution in [-0.4, -0.2) is 10.2 Å². The van der Waals surface area contributed by atoms with Crippen molar-refractivity contribution in [3.8, 4) is 11.5 Å². The summed E-state index contributed by atoms with van der Waals surface area (Å²) in [6, 6.07) is 16.3. The molecule has 0 unspecified atom stereocenters. The molecule has 0 fully saturated rings. The molecule has 1 heterocycles. The van der Waals surface area contributed by atoms with Crippen molar-refractivity contribution in [2.45, 2.75) is 24.0 Å². The van der Waals surface area contributed by atoms with Gasteiger partial charge in [-0.3, -0.25) is 0 Å². The summed E-state index contributed by atoms with van der Waals surface area (Å²) in [5.74, 6) is 1.21. The first-order valence-corrected chi connectivity index (χ1v) is 8.62. The fraction of sp³-hybridized carbons (Fsp3) is 0.176. The van der Waals surface area contributed by atoms with Gasteiger partial charge in [-0.1, -0.05) is 33.6 Å². The zero-order chi connectivity index (χ0) is 15.5. The summed E-state index contributed by atoms with van der Waals surface area (Å²) in [6.45, 7) is 4.12. The highest BCUT2D eigenvalue weighted by Gasteiger charge is 2.16. The van der Waals surface area contributed by atoms with Crippen molar-refractivity contribution < 1.29 is 4.42 Å². The minimum absolute atomic E-state index is 0.104. The molecule has 0 amide bonds. The smallest absolute Gasteiger partial charge is 0.247 e. The molecule has 0 saturated heterocycles. The summed E-state index contributed by atoms with van der Waals surface area (Å²) in [4.78, 5) is 1.17. The van der Waals surface area contributed by atoms with Crippen LogP contribution >= 0.6 is 27.7 Å². The predicted octanol–water partition coefficient (Wildman–Crippen LogP) is 5.66. The summed E-state index contributed by atoms with van der Waals surface area (Å²) in [5.41, 5.74) is 2.13. The van der Waals surface area contributed by atoms with E-state index in [1.165, 1.54) is 10.5 Å². The first-order chi connectivity index (χ1) is 10.6. The van der Waals surface area contributed by atoms with Crippen molar-refractivity contribution in [2.75, 3.05) is 0 Å². The minimum Gasteiger partial charge on any atom is -0.419 e. The van der Waals surface area contributed by atoms with Gasteiger partial charge in [0.05, 0.1) is 5.25 Å². The largest absolute Gasteiger partial charge is 0.419 e. The summed E-state index contributed by atoms with van der Waals surface area (Å²) in [5, 5.41) is 8.46. The molecule has 5 heteroatoms. The average molecular weight is 375 g/mol. The van der Waals surface area contributed by atoms with E-state index in [1.807, 2.05) is 43.3 Å². The van der Waals surface area contributed by atoms with Gasteiger partial charge in [0.2, 0.25) is 11.8 Å². The first-order valence-electron chi connectivity index (χ1n) is 6.94. The summed E-state index contributed by atoms with van der Waals surface area (Å²) < 4.78 is 6.90. The van der Waals surface area contributed by atoms with E-state index in [1.54, 1.807) is 11.8 Å². The maximum atomic E-state index is 5.83. The zero-order valence-corrected chi connectivity index (χ0v) is 14.7. The summed E-state index contributed by atoms with van der Waals surface area (Å²) >= 11 is 5.14. The van der Waals surface area contributed by atoms with E-state index in [-0.39, 0.29) is 5.25 Å². The van der Waals surface area contributed by atoms with Crippen LogP contribution in [0.1, 0.15) is 23.6 Å². The van der Waals surface area contributed by atoms with E-state index >= 15 is 0 Å². The number of benzene rings is 2. The van der Waals surface area contributed by atoms with Crippen LogP contribution in [0.15, 0.2) is 62.3 Å². The Morgan fingerprint density at radius 2 is 1.86 bits per heavy atom. The van der Waals surface area contributed by atoms with Crippen LogP contribution in [-0.2, 0) is 0 Å². The number of hydrogen-bond acceptors (Lipinski definition) is 4. The molecule has 0 spiro atoms. The number of thioether (sulfide) groups is 1. The van der Waals surface area contributed by atoms with Gasteiger partial charge in [-0.25, -0.2) is 0 Å². The van der Waals surface area contributed by atoms with Gasteiger partial charge < -0.3 is 4.42 Å². The third kappa shape index (κ3) is 3.59. The van der Waals surface area contributed by atoms with Crippen molar-refractivity contribution >= 4 is 27.7 Å². The highest BCUT2D eigenvalue weighted by Crippen LogP contribution is 2.35. The number of halogens is 1. The summed E-state index contributed by atoms with van der Waals surface area (Å²) in [7, 11) is 0. The van der Waals surface area contributed by atoms with Crippen molar-refractivity contribution in [1.29, 1.82) is 0 Å². The Kier molecular flexibility index (Phi) is 4.64. The Morgan fingerprint density at radius 1 is 1.09 bits per heavy atom. The van der Waals surface area contributed by atoms with Crippen LogP contribution in [0.5, 0.6) is 0 Å². The van der Waals surface area contributed by atoms with Gasteiger partial charge in [-0.15, -0.1) is 22.0 Å². The van der Waals surface area contributed by atoms with Crippen molar-refractivity contribution in [1.82, 2.24) is 10.2 Å². The molecular formula is C17H15BrN2OS. The van der Waals surface area contributed by atoms with Gasteiger partial charge >= 0.3 is 0 Å². The van der Waals surface area contributed by atoms with Gasteiger partial charge in [0.15, 0.2) is 0 Å². The molecule has 112 valence electrons. The van der Waals surface area contributed by atoms with Crippen LogP contribution in [0.4, 0.5) is 0 Å². The lowest BCUT2D eigenvalue weighted by molar-refractivity contribution is 0.509. The highest BCUT2D eigenvalue weighted by atomic mass is 79.9. The molecule has 3 aromatic rings. The minimum atomic E-state index is 0.104. The molecular weight excluding hydrogens is 360 g/mol. The molecule has 0 aliphatic carbocycles. The Morgan fingerprint density at radius 3 is 2.59 bits per heavy atom. The van der Waals surface area contributed by atoms with Crippen molar-refractivity contribution in [3.63, 3.8) is 0 Å². The van der Waals surface area contributed by atoms with Crippen LogP contribution in [0.2, 0.25) is 0 Å². The van der Waals surface area contributed by atoms with Crippen molar-refractivity contribution in [2.24, 2.45) is 0 Å². The fourth-order valence-corrected chi connectivity index (χ4v) is 3.22. The highest BCUT2D eigenvalue weighted by molar-refractivity contribution is 9.10. The molecule has 0 N–H and O–H groups in total. The second kappa shape index (κ2) is 6.67. The molecule has 0 saturated carbocycles. The lowest BCUT2D eigenvalue weighted by atomic mass is 10.1. The average Bonchev–Trinajstić information content (AvgIpc) is 3.00. The predicted molar refractivity (Wildman–Crippen MR) is 92.9 cm³/mol. The number of aryl methyl sites for hydroxylation is 1. The van der Waals surface area contributed by atoms with E-state index in [0.29, 0.717) is 11.8 Å². The monoisotopic (exact) mass is 374 g/mol. The van der Waals surface area contributed by atoms with Gasteiger partial charge in [0, 0.05) is 14.9 Å². The molecule has 3 rings (SSSR count). The first kappa shape index (κ1) is 15.3. The molecule has 0 bridgehead atoms. The van der Waals surface area contributed by atoms with Crippen LogP contribution in [0.3, 0.4) is 0 Å². The van der Waals surface area contributed by atoms with Gasteiger partial charge in [-0.2, -0.15) is 0 Å². The Hall–Kier alpha value is -1.59. The van der Waals surface area contributed by atoms with E-state index < -0.39 is 0 Å².